The Morgan fingerprint density at radius 1 is 1.04 bits per heavy atom. The molecular weight excluding hydrogens is 326 g/mol. The lowest BCUT2D eigenvalue weighted by molar-refractivity contribution is 0.599. The molecule has 1 atom stereocenters. The van der Waals surface area contributed by atoms with Crippen molar-refractivity contribution in [2.75, 3.05) is 5.32 Å². The second kappa shape index (κ2) is 6.10. The molecule has 0 bridgehead atoms. The number of fused-ring (bicyclic) bond motifs is 4. The molecule has 4 heteroatoms. The summed E-state index contributed by atoms with van der Waals surface area (Å²) < 4.78 is 0. The first kappa shape index (κ1) is 15.3. The van der Waals surface area contributed by atoms with Crippen LogP contribution < -0.4 is 5.32 Å². The van der Waals surface area contributed by atoms with Crippen LogP contribution in [0.2, 0.25) is 0 Å². The van der Waals surface area contributed by atoms with E-state index in [4.69, 9.17) is 9.97 Å². The van der Waals surface area contributed by atoms with E-state index in [9.17, 15) is 0 Å². The number of aromatic nitrogens is 2. The van der Waals surface area contributed by atoms with E-state index < -0.39 is 0 Å². The van der Waals surface area contributed by atoms with Crippen molar-refractivity contribution in [3.63, 3.8) is 0 Å². The van der Waals surface area contributed by atoms with Gasteiger partial charge in [-0.2, -0.15) is 0 Å². The van der Waals surface area contributed by atoms with Gasteiger partial charge in [0.1, 0.15) is 16.5 Å². The molecule has 128 valence electrons. The topological polar surface area (TPSA) is 37.8 Å². The van der Waals surface area contributed by atoms with Gasteiger partial charge in [-0.3, -0.25) is 0 Å². The van der Waals surface area contributed by atoms with Crippen LogP contribution in [-0.4, -0.2) is 9.97 Å². The fourth-order valence-corrected chi connectivity index (χ4v) is 5.74. The molecule has 0 spiro atoms. The van der Waals surface area contributed by atoms with Gasteiger partial charge in [-0.1, -0.05) is 24.3 Å². The van der Waals surface area contributed by atoms with Crippen molar-refractivity contribution in [1.82, 2.24) is 9.97 Å². The molecule has 0 amide bonds. The first-order valence-corrected chi connectivity index (χ1v) is 10.2. The number of benzene rings is 1. The molecule has 3 nitrogen and oxygen atoms in total. The lowest BCUT2D eigenvalue weighted by Gasteiger charge is -2.27. The lowest BCUT2D eigenvalue weighted by atomic mass is 9.87. The Morgan fingerprint density at radius 3 is 2.88 bits per heavy atom. The van der Waals surface area contributed by atoms with Crippen molar-refractivity contribution in [3.8, 4) is 0 Å². The van der Waals surface area contributed by atoms with Gasteiger partial charge < -0.3 is 5.32 Å². The highest BCUT2D eigenvalue weighted by Crippen LogP contribution is 2.40. The maximum Gasteiger partial charge on any atom is 0.139 e. The number of nitrogens with one attached hydrogen (secondary N) is 1. The molecule has 1 N–H and O–H groups in total. The summed E-state index contributed by atoms with van der Waals surface area (Å²) in [5, 5.41) is 5.11. The summed E-state index contributed by atoms with van der Waals surface area (Å²) in [5.41, 5.74) is 4.45. The summed E-state index contributed by atoms with van der Waals surface area (Å²) in [7, 11) is 0. The van der Waals surface area contributed by atoms with Crippen LogP contribution in [0.1, 0.15) is 59.1 Å². The van der Waals surface area contributed by atoms with Gasteiger partial charge in [-0.25, -0.2) is 9.97 Å². The molecular formula is C21H23N3S. The quantitative estimate of drug-likeness (QED) is 0.676. The maximum absolute atomic E-state index is 4.83. The predicted molar refractivity (Wildman–Crippen MR) is 105 cm³/mol. The van der Waals surface area contributed by atoms with Crippen molar-refractivity contribution in [2.24, 2.45) is 0 Å². The maximum atomic E-state index is 4.83. The van der Waals surface area contributed by atoms with Crippen molar-refractivity contribution < 1.29 is 0 Å². The zero-order valence-electron chi connectivity index (χ0n) is 14.6. The van der Waals surface area contributed by atoms with Crippen molar-refractivity contribution in [3.05, 3.63) is 51.7 Å². The number of aryl methyl sites for hydroxylation is 4. The van der Waals surface area contributed by atoms with Gasteiger partial charge in [0.2, 0.25) is 0 Å². The summed E-state index contributed by atoms with van der Waals surface area (Å²) in [6.07, 6.45) is 8.60. The molecule has 2 aliphatic carbocycles. The summed E-state index contributed by atoms with van der Waals surface area (Å²) in [6, 6.07) is 9.23. The van der Waals surface area contributed by atoms with Crippen LogP contribution in [0.4, 0.5) is 5.82 Å². The van der Waals surface area contributed by atoms with E-state index >= 15 is 0 Å². The fraction of sp³-hybridized carbons (Fsp3) is 0.429. The second-order valence-corrected chi connectivity index (χ2v) is 8.38. The van der Waals surface area contributed by atoms with E-state index in [1.165, 1.54) is 76.7 Å². The Balaban J connectivity index is 1.61. The Hall–Kier alpha value is -1.94. The number of hydrogen-bond acceptors (Lipinski definition) is 4. The van der Waals surface area contributed by atoms with E-state index in [0.29, 0.717) is 6.04 Å². The largest absolute Gasteiger partial charge is 0.363 e. The summed E-state index contributed by atoms with van der Waals surface area (Å²) in [4.78, 5) is 12.3. The first-order valence-electron chi connectivity index (χ1n) is 9.43. The SMILES string of the molecule is Cc1nc(NC2CCCc3ccccc32)c2c3c(sc2n1)CCCC3. The number of thiophene rings is 1. The normalized spacial score (nSPS) is 19.5. The van der Waals surface area contributed by atoms with Crippen LogP contribution in [0.3, 0.4) is 0 Å². The number of nitrogens with zero attached hydrogens (tertiary/aromatic N) is 2. The number of anilines is 1. The average Bonchev–Trinajstić information content (AvgIpc) is 3.00. The minimum absolute atomic E-state index is 0.363. The Kier molecular flexibility index (Phi) is 3.74. The zero-order chi connectivity index (χ0) is 16.8. The molecule has 1 aromatic carbocycles. The lowest BCUT2D eigenvalue weighted by Crippen LogP contribution is -2.18. The van der Waals surface area contributed by atoms with Gasteiger partial charge in [-0.15, -0.1) is 11.3 Å². The molecule has 0 aliphatic heterocycles. The molecule has 0 saturated carbocycles. The zero-order valence-corrected chi connectivity index (χ0v) is 15.5. The van der Waals surface area contributed by atoms with Crippen LogP contribution >= 0.6 is 11.3 Å². The molecule has 3 aromatic rings. The van der Waals surface area contributed by atoms with E-state index in [-0.39, 0.29) is 0 Å². The fourth-order valence-electron chi connectivity index (χ4n) is 4.44. The van der Waals surface area contributed by atoms with Gasteiger partial charge in [-0.05, 0) is 68.6 Å². The van der Waals surface area contributed by atoms with Gasteiger partial charge in [0, 0.05) is 4.88 Å². The van der Waals surface area contributed by atoms with Gasteiger partial charge in [0.05, 0.1) is 11.4 Å². The van der Waals surface area contributed by atoms with Crippen molar-refractivity contribution in [2.45, 2.75) is 57.9 Å². The molecule has 0 radical (unpaired) electrons. The molecule has 25 heavy (non-hydrogen) atoms. The third-order valence-electron chi connectivity index (χ3n) is 5.61. The van der Waals surface area contributed by atoms with Crippen LogP contribution in [0.25, 0.3) is 10.2 Å². The molecule has 0 saturated heterocycles. The first-order chi connectivity index (χ1) is 12.3. The summed E-state index contributed by atoms with van der Waals surface area (Å²) in [6.45, 7) is 2.01. The van der Waals surface area contributed by atoms with Gasteiger partial charge in [0.15, 0.2) is 0 Å². The monoisotopic (exact) mass is 349 g/mol. The van der Waals surface area contributed by atoms with E-state index in [1.54, 1.807) is 0 Å². The third-order valence-corrected chi connectivity index (χ3v) is 6.79. The number of hydrogen-bond donors (Lipinski definition) is 1. The smallest absolute Gasteiger partial charge is 0.139 e. The Bertz CT molecular complexity index is 944. The van der Waals surface area contributed by atoms with E-state index in [2.05, 4.69) is 29.6 Å². The Morgan fingerprint density at radius 2 is 1.92 bits per heavy atom. The van der Waals surface area contributed by atoms with E-state index in [1.807, 2.05) is 18.3 Å². The second-order valence-electron chi connectivity index (χ2n) is 7.30. The van der Waals surface area contributed by atoms with Gasteiger partial charge >= 0.3 is 0 Å². The third kappa shape index (κ3) is 2.63. The minimum Gasteiger partial charge on any atom is -0.363 e. The average molecular weight is 350 g/mol. The van der Waals surface area contributed by atoms with Crippen LogP contribution in [0.15, 0.2) is 24.3 Å². The predicted octanol–water partition coefficient (Wildman–Crippen LogP) is 5.37. The summed E-state index contributed by atoms with van der Waals surface area (Å²) >= 11 is 1.88. The van der Waals surface area contributed by atoms with E-state index in [0.717, 1.165) is 11.6 Å². The minimum atomic E-state index is 0.363. The van der Waals surface area contributed by atoms with Gasteiger partial charge in [0.25, 0.3) is 0 Å². The summed E-state index contributed by atoms with van der Waals surface area (Å²) in [5.74, 6) is 1.93. The molecule has 0 fully saturated rings. The standard InChI is InChI=1S/C21H23N3S/c1-13-22-20(19-16-10-4-5-12-18(16)25-21(19)23-13)24-17-11-6-8-14-7-2-3-9-15(14)17/h2-3,7,9,17H,4-6,8,10-12H2,1H3,(H,22,23,24). The van der Waals surface area contributed by atoms with Crippen molar-refractivity contribution in [1.29, 1.82) is 0 Å². The van der Waals surface area contributed by atoms with Crippen molar-refractivity contribution >= 4 is 27.4 Å². The number of rotatable bonds is 2. The highest BCUT2D eigenvalue weighted by atomic mass is 32.1. The Labute approximate surface area is 152 Å². The van der Waals surface area contributed by atoms with Crippen LogP contribution in [-0.2, 0) is 19.3 Å². The molecule has 5 rings (SSSR count). The molecule has 1 unspecified atom stereocenters. The highest BCUT2D eigenvalue weighted by Gasteiger charge is 2.24. The molecule has 2 aromatic heterocycles. The molecule has 2 aliphatic rings. The highest BCUT2D eigenvalue weighted by molar-refractivity contribution is 7.19. The molecule has 2 heterocycles. The van der Waals surface area contributed by atoms with Crippen LogP contribution in [0.5, 0.6) is 0 Å². The van der Waals surface area contributed by atoms with Crippen LogP contribution in [0, 0.1) is 6.92 Å².